The van der Waals surface area contributed by atoms with Gasteiger partial charge in [0.2, 0.25) is 0 Å². The number of fused-ring (bicyclic) bond motifs is 6. The smallest absolute Gasteiger partial charge is 0.0541 e. The average Bonchev–Trinajstić information content (AvgIpc) is 3.93. The molecule has 0 radical (unpaired) electrons. The monoisotopic (exact) mass is 1020 g/mol. The number of aromatic nitrogens is 1. The Balaban J connectivity index is 0.746. The first-order valence-electron chi connectivity index (χ1n) is 27.6. The van der Waals surface area contributed by atoms with Crippen molar-refractivity contribution in [3.63, 3.8) is 0 Å². The molecule has 0 fully saturated rings. The second kappa shape index (κ2) is 19.8. The molecule has 0 saturated carbocycles. The normalized spacial score (nSPS) is 11.5. The number of hydrogen-bond donors (Lipinski definition) is 0. The molecule has 0 unspecified atom stereocenters. The highest BCUT2D eigenvalue weighted by Gasteiger charge is 2.19. The lowest BCUT2D eigenvalue weighted by Crippen LogP contribution is -2.09. The van der Waals surface area contributed by atoms with Gasteiger partial charge in [0.25, 0.3) is 0 Å². The van der Waals surface area contributed by atoms with Crippen LogP contribution < -0.4 is 4.90 Å². The van der Waals surface area contributed by atoms with E-state index < -0.39 is 0 Å². The summed E-state index contributed by atoms with van der Waals surface area (Å²) in [5.41, 5.74) is 21.3. The van der Waals surface area contributed by atoms with E-state index >= 15 is 0 Å². The number of para-hydroxylation sites is 2. The fourth-order valence-corrected chi connectivity index (χ4v) is 12.3. The highest BCUT2D eigenvalue weighted by atomic mass is 15.1. The molecule has 0 saturated heterocycles. The summed E-state index contributed by atoms with van der Waals surface area (Å²) in [7, 11) is 0. The summed E-state index contributed by atoms with van der Waals surface area (Å²) in [6, 6.07) is 115. The van der Waals surface area contributed by atoms with E-state index in [1.807, 2.05) is 0 Å². The SMILES string of the molecule is c1ccc(-c2c3ccccc3c(-c3ccc(-c4ccc(N(c5ccc(-c6ccc(-c7ccc8c(c7)c7ccccc7n8-c7ccccc7)cc6)cc5)c5ccc(-c6ccc7ccccc7c6)cc5)cc4)cc3)c3ccccc23)cc1. The quantitative estimate of drug-likeness (QED) is 0.124. The van der Waals surface area contributed by atoms with Crippen molar-refractivity contribution in [3.8, 4) is 72.4 Å². The maximum atomic E-state index is 2.37. The molecule has 2 heteroatoms. The third kappa shape index (κ3) is 8.30. The van der Waals surface area contributed by atoms with E-state index in [0.29, 0.717) is 0 Å². The number of rotatable bonds is 10. The maximum Gasteiger partial charge on any atom is 0.0541 e. The summed E-state index contributed by atoms with van der Waals surface area (Å²) in [5, 5.41) is 10.0. The molecule has 0 bridgehead atoms. The molecular weight excluding hydrogens is 965 g/mol. The van der Waals surface area contributed by atoms with Crippen molar-refractivity contribution in [2.24, 2.45) is 0 Å². The van der Waals surface area contributed by atoms with Crippen molar-refractivity contribution in [3.05, 3.63) is 315 Å². The van der Waals surface area contributed by atoms with Crippen LogP contribution in [0.5, 0.6) is 0 Å². The van der Waals surface area contributed by atoms with E-state index in [4.69, 9.17) is 0 Å². The van der Waals surface area contributed by atoms with Crippen LogP contribution in [-0.2, 0) is 0 Å². The molecule has 14 aromatic carbocycles. The van der Waals surface area contributed by atoms with Crippen LogP contribution in [0.3, 0.4) is 0 Å². The van der Waals surface area contributed by atoms with Gasteiger partial charge in [0.1, 0.15) is 0 Å². The Bertz CT molecular complexity index is 4690. The zero-order valence-electron chi connectivity index (χ0n) is 43.9. The first-order chi connectivity index (χ1) is 39.7. The van der Waals surface area contributed by atoms with Crippen molar-refractivity contribution in [2.75, 3.05) is 4.90 Å². The van der Waals surface area contributed by atoms with Crippen molar-refractivity contribution >= 4 is 71.2 Å². The molecule has 0 spiro atoms. The summed E-state index contributed by atoms with van der Waals surface area (Å²) in [6.45, 7) is 0. The van der Waals surface area contributed by atoms with Gasteiger partial charge in [0.15, 0.2) is 0 Å². The van der Waals surface area contributed by atoms with Crippen LogP contribution in [-0.4, -0.2) is 4.57 Å². The van der Waals surface area contributed by atoms with E-state index in [9.17, 15) is 0 Å². The molecule has 0 atom stereocenters. The van der Waals surface area contributed by atoms with Gasteiger partial charge < -0.3 is 9.47 Å². The largest absolute Gasteiger partial charge is 0.311 e. The van der Waals surface area contributed by atoms with Crippen molar-refractivity contribution in [2.45, 2.75) is 0 Å². The zero-order valence-corrected chi connectivity index (χ0v) is 43.9. The third-order valence-corrected chi connectivity index (χ3v) is 16.2. The Kier molecular flexibility index (Phi) is 11.6. The second-order valence-corrected chi connectivity index (χ2v) is 20.8. The summed E-state index contributed by atoms with van der Waals surface area (Å²) < 4.78 is 2.37. The van der Waals surface area contributed by atoms with E-state index in [0.717, 1.165) is 17.1 Å². The van der Waals surface area contributed by atoms with Gasteiger partial charge in [-0.05, 0) is 172 Å². The molecule has 374 valence electrons. The second-order valence-electron chi connectivity index (χ2n) is 20.8. The van der Waals surface area contributed by atoms with Crippen molar-refractivity contribution in [1.82, 2.24) is 4.57 Å². The molecule has 15 rings (SSSR count). The van der Waals surface area contributed by atoms with E-state index in [1.165, 1.54) is 127 Å². The van der Waals surface area contributed by atoms with Gasteiger partial charge in [0, 0.05) is 33.5 Å². The van der Waals surface area contributed by atoms with Gasteiger partial charge in [-0.25, -0.2) is 0 Å². The topological polar surface area (TPSA) is 8.17 Å². The van der Waals surface area contributed by atoms with Crippen LogP contribution in [0.25, 0.3) is 127 Å². The number of benzene rings is 14. The molecule has 1 heterocycles. The minimum atomic E-state index is 1.08. The van der Waals surface area contributed by atoms with Crippen LogP contribution in [0.1, 0.15) is 0 Å². The van der Waals surface area contributed by atoms with Gasteiger partial charge in [-0.1, -0.05) is 243 Å². The van der Waals surface area contributed by atoms with Crippen LogP contribution in [0, 0.1) is 0 Å². The standard InChI is InChI=1S/C78H52N2/c1-3-16-60(17-4-1)77-70-22-9-11-24-72(70)78(73-25-12-10-23-71(73)77)61-34-31-55(32-35-61)57-39-46-67(47-40-57)79(68-48-41-59(42-49-68)63-36-33-53-15-7-8-18-62(53)51-63)66-44-37-56(38-45-66)54-27-29-58(30-28-54)64-43-50-76-74(52-64)69-21-13-14-26-75(69)80(76)65-19-5-2-6-20-65/h1-52H. The molecule has 0 N–H and O–H groups in total. The Morgan fingerprint density at radius 1 is 0.200 bits per heavy atom. The highest BCUT2D eigenvalue weighted by molar-refractivity contribution is 6.21. The first kappa shape index (κ1) is 46.7. The Labute approximate surface area is 466 Å². The molecule has 0 aliphatic carbocycles. The van der Waals surface area contributed by atoms with Crippen LogP contribution >= 0.6 is 0 Å². The van der Waals surface area contributed by atoms with E-state index in [-0.39, 0.29) is 0 Å². The van der Waals surface area contributed by atoms with Crippen LogP contribution in [0.4, 0.5) is 17.1 Å². The average molecular weight is 1020 g/mol. The molecule has 2 nitrogen and oxygen atoms in total. The minimum Gasteiger partial charge on any atom is -0.311 e. The number of nitrogens with zero attached hydrogens (tertiary/aromatic N) is 2. The predicted molar refractivity (Wildman–Crippen MR) is 341 cm³/mol. The van der Waals surface area contributed by atoms with Gasteiger partial charge in [-0.2, -0.15) is 0 Å². The Hall–Kier alpha value is -10.5. The summed E-state index contributed by atoms with van der Waals surface area (Å²) in [5.74, 6) is 0. The lowest BCUT2D eigenvalue weighted by molar-refractivity contribution is 1.18. The van der Waals surface area contributed by atoms with Gasteiger partial charge in [0.05, 0.1) is 11.0 Å². The van der Waals surface area contributed by atoms with E-state index in [2.05, 4.69) is 325 Å². The van der Waals surface area contributed by atoms with Gasteiger partial charge >= 0.3 is 0 Å². The maximum absolute atomic E-state index is 2.37. The number of anilines is 3. The fraction of sp³-hybridized carbons (Fsp3) is 0. The van der Waals surface area contributed by atoms with Crippen molar-refractivity contribution < 1.29 is 0 Å². The fourth-order valence-electron chi connectivity index (χ4n) is 12.3. The van der Waals surface area contributed by atoms with Crippen LogP contribution in [0.2, 0.25) is 0 Å². The summed E-state index contributed by atoms with van der Waals surface area (Å²) >= 11 is 0. The molecule has 0 amide bonds. The Morgan fingerprint density at radius 3 is 1.05 bits per heavy atom. The molecule has 0 aliphatic heterocycles. The van der Waals surface area contributed by atoms with Crippen molar-refractivity contribution in [1.29, 1.82) is 0 Å². The lowest BCUT2D eigenvalue weighted by Gasteiger charge is -2.26. The predicted octanol–water partition coefficient (Wildman–Crippen LogP) is 21.7. The number of hydrogen-bond acceptors (Lipinski definition) is 1. The van der Waals surface area contributed by atoms with Crippen LogP contribution in [0.15, 0.2) is 315 Å². The zero-order chi connectivity index (χ0) is 52.9. The first-order valence-corrected chi connectivity index (χ1v) is 27.6. The van der Waals surface area contributed by atoms with E-state index in [1.54, 1.807) is 0 Å². The molecule has 1 aromatic heterocycles. The van der Waals surface area contributed by atoms with Gasteiger partial charge in [-0.15, -0.1) is 0 Å². The lowest BCUT2D eigenvalue weighted by atomic mass is 9.86. The van der Waals surface area contributed by atoms with Gasteiger partial charge in [-0.3, -0.25) is 0 Å². The molecular formula is C78H52N2. The Morgan fingerprint density at radius 2 is 0.537 bits per heavy atom. The molecule has 15 aromatic rings. The minimum absolute atomic E-state index is 1.08. The molecule has 0 aliphatic rings. The molecule has 80 heavy (non-hydrogen) atoms. The summed E-state index contributed by atoms with van der Waals surface area (Å²) in [4.78, 5) is 2.37. The highest BCUT2D eigenvalue weighted by Crippen LogP contribution is 2.45. The summed E-state index contributed by atoms with van der Waals surface area (Å²) in [6.07, 6.45) is 0. The third-order valence-electron chi connectivity index (χ3n) is 16.2.